The van der Waals surface area contributed by atoms with E-state index in [0.29, 0.717) is 36.5 Å². The van der Waals surface area contributed by atoms with Gasteiger partial charge in [-0.2, -0.15) is 0 Å². The first-order valence-corrected chi connectivity index (χ1v) is 7.53. The molecule has 0 atom stereocenters. The van der Waals surface area contributed by atoms with Crippen molar-refractivity contribution in [1.29, 1.82) is 0 Å². The van der Waals surface area contributed by atoms with Gasteiger partial charge in [0, 0.05) is 12.8 Å². The Bertz CT molecular complexity index is 496. The second-order valence-corrected chi connectivity index (χ2v) is 4.83. The second-order valence-electron chi connectivity index (χ2n) is 4.83. The summed E-state index contributed by atoms with van der Waals surface area (Å²) in [4.78, 5) is 23.5. The molecule has 0 unspecified atom stereocenters. The van der Waals surface area contributed by atoms with Crippen molar-refractivity contribution in [1.82, 2.24) is 0 Å². The van der Waals surface area contributed by atoms with Crippen LogP contribution in [0.1, 0.15) is 49.4 Å². The molecule has 0 saturated carbocycles. The zero-order chi connectivity index (χ0) is 16.4. The van der Waals surface area contributed by atoms with Crippen molar-refractivity contribution in [2.45, 2.75) is 39.0 Å². The Hall–Kier alpha value is -2.04. The molecule has 1 aromatic carbocycles. The lowest BCUT2D eigenvalue weighted by molar-refractivity contribution is -0.143. The highest BCUT2D eigenvalue weighted by molar-refractivity contribution is 5.99. The Labute approximate surface area is 131 Å². The largest absolute Gasteiger partial charge is 0.493 e. The minimum Gasteiger partial charge on any atom is -0.493 e. The molecule has 122 valence electrons. The molecular weight excluding hydrogens is 284 g/mol. The summed E-state index contributed by atoms with van der Waals surface area (Å²) in [5.74, 6) is 0.868. The fraction of sp³-hybridized carbons (Fsp3) is 0.529. The molecule has 0 aliphatic heterocycles. The standard InChI is InChI=1S/C17H24O5/c1-4-22-16(19)12-7-5-6-10-14(18)13-9-8-11-15(20-2)17(13)21-3/h8-9,11H,4-7,10,12H2,1-3H3. The van der Waals surface area contributed by atoms with E-state index in [2.05, 4.69) is 0 Å². The molecule has 5 nitrogen and oxygen atoms in total. The molecule has 1 aromatic rings. The highest BCUT2D eigenvalue weighted by Gasteiger charge is 2.15. The summed E-state index contributed by atoms with van der Waals surface area (Å²) in [5.41, 5.74) is 0.534. The van der Waals surface area contributed by atoms with Crippen molar-refractivity contribution < 1.29 is 23.8 Å². The van der Waals surface area contributed by atoms with Gasteiger partial charge >= 0.3 is 5.97 Å². The van der Waals surface area contributed by atoms with Gasteiger partial charge < -0.3 is 14.2 Å². The Morgan fingerprint density at radius 2 is 1.73 bits per heavy atom. The zero-order valence-electron chi connectivity index (χ0n) is 13.5. The van der Waals surface area contributed by atoms with Crippen LogP contribution in [-0.4, -0.2) is 32.6 Å². The van der Waals surface area contributed by atoms with Gasteiger partial charge in [0.2, 0.25) is 0 Å². The Balaban J connectivity index is 2.45. The summed E-state index contributed by atoms with van der Waals surface area (Å²) in [6.45, 7) is 2.20. The maximum absolute atomic E-state index is 12.3. The third-order valence-electron chi connectivity index (χ3n) is 3.29. The second kappa shape index (κ2) is 9.82. The summed E-state index contributed by atoms with van der Waals surface area (Å²) >= 11 is 0. The lowest BCUT2D eigenvalue weighted by Crippen LogP contribution is -2.05. The number of Topliss-reactive ketones (excluding diaryl/α,β-unsaturated/α-hetero) is 1. The van der Waals surface area contributed by atoms with Crippen molar-refractivity contribution >= 4 is 11.8 Å². The number of methoxy groups -OCH3 is 2. The lowest BCUT2D eigenvalue weighted by Gasteiger charge is -2.11. The Morgan fingerprint density at radius 3 is 2.36 bits per heavy atom. The van der Waals surface area contributed by atoms with Gasteiger partial charge in [-0.1, -0.05) is 12.5 Å². The first-order valence-electron chi connectivity index (χ1n) is 7.53. The van der Waals surface area contributed by atoms with E-state index in [1.54, 1.807) is 32.2 Å². The number of para-hydroxylation sites is 1. The number of hydrogen-bond donors (Lipinski definition) is 0. The molecular formula is C17H24O5. The molecule has 5 heteroatoms. The fourth-order valence-corrected chi connectivity index (χ4v) is 2.21. The normalized spacial score (nSPS) is 10.1. The predicted octanol–water partition coefficient (Wildman–Crippen LogP) is 3.40. The van der Waals surface area contributed by atoms with E-state index in [1.165, 1.54) is 7.11 Å². The van der Waals surface area contributed by atoms with E-state index in [0.717, 1.165) is 19.3 Å². The molecule has 0 bridgehead atoms. The van der Waals surface area contributed by atoms with Gasteiger partial charge in [0.25, 0.3) is 0 Å². The quantitative estimate of drug-likeness (QED) is 0.376. The highest BCUT2D eigenvalue weighted by atomic mass is 16.5. The maximum Gasteiger partial charge on any atom is 0.305 e. The number of esters is 1. The van der Waals surface area contributed by atoms with Crippen LogP contribution in [0.25, 0.3) is 0 Å². The van der Waals surface area contributed by atoms with Crippen LogP contribution in [0.15, 0.2) is 18.2 Å². The first kappa shape index (κ1) is 18.0. The molecule has 0 aliphatic rings. The topological polar surface area (TPSA) is 61.8 Å². The van der Waals surface area contributed by atoms with E-state index in [9.17, 15) is 9.59 Å². The molecule has 0 fully saturated rings. The molecule has 0 spiro atoms. The minimum atomic E-state index is -0.178. The number of rotatable bonds is 10. The number of carbonyl (C=O) groups excluding carboxylic acids is 2. The van der Waals surface area contributed by atoms with E-state index in [4.69, 9.17) is 14.2 Å². The molecule has 0 amide bonds. The minimum absolute atomic E-state index is 0.0203. The third kappa shape index (κ3) is 5.39. The molecule has 22 heavy (non-hydrogen) atoms. The van der Waals surface area contributed by atoms with Crippen LogP contribution in [-0.2, 0) is 9.53 Å². The zero-order valence-corrected chi connectivity index (χ0v) is 13.5. The van der Waals surface area contributed by atoms with Crippen LogP contribution in [0, 0.1) is 0 Å². The van der Waals surface area contributed by atoms with Gasteiger partial charge in [0.1, 0.15) is 0 Å². The summed E-state index contributed by atoms with van der Waals surface area (Å²) in [5, 5.41) is 0. The maximum atomic E-state index is 12.3. The number of carbonyl (C=O) groups is 2. The molecule has 0 aromatic heterocycles. The van der Waals surface area contributed by atoms with Crippen LogP contribution >= 0.6 is 0 Å². The molecule has 0 aliphatic carbocycles. The van der Waals surface area contributed by atoms with Gasteiger partial charge in [-0.25, -0.2) is 0 Å². The average Bonchev–Trinajstić information content (AvgIpc) is 2.53. The van der Waals surface area contributed by atoms with Crippen LogP contribution < -0.4 is 9.47 Å². The molecule has 1 rings (SSSR count). The number of ketones is 1. The molecule has 0 N–H and O–H groups in total. The van der Waals surface area contributed by atoms with Crippen LogP contribution in [0.5, 0.6) is 11.5 Å². The molecule has 0 radical (unpaired) electrons. The van der Waals surface area contributed by atoms with Gasteiger partial charge in [0.05, 0.1) is 26.4 Å². The van der Waals surface area contributed by atoms with E-state index in [1.807, 2.05) is 0 Å². The number of ether oxygens (including phenoxy) is 3. The monoisotopic (exact) mass is 308 g/mol. The van der Waals surface area contributed by atoms with Crippen molar-refractivity contribution in [3.8, 4) is 11.5 Å². The number of hydrogen-bond acceptors (Lipinski definition) is 5. The SMILES string of the molecule is CCOC(=O)CCCCCC(=O)c1cccc(OC)c1OC. The summed E-state index contributed by atoms with van der Waals surface area (Å²) in [7, 11) is 3.06. The Kier molecular flexibility index (Phi) is 8.04. The van der Waals surface area contributed by atoms with E-state index in [-0.39, 0.29) is 11.8 Å². The number of unbranched alkanes of at least 4 members (excludes halogenated alkanes) is 2. The van der Waals surface area contributed by atoms with Crippen molar-refractivity contribution in [2.24, 2.45) is 0 Å². The van der Waals surface area contributed by atoms with Gasteiger partial charge in [0.15, 0.2) is 17.3 Å². The smallest absolute Gasteiger partial charge is 0.305 e. The summed E-state index contributed by atoms with van der Waals surface area (Å²) < 4.78 is 15.3. The van der Waals surface area contributed by atoms with E-state index >= 15 is 0 Å². The van der Waals surface area contributed by atoms with Crippen molar-refractivity contribution in [3.63, 3.8) is 0 Å². The summed E-state index contributed by atoms with van der Waals surface area (Å²) in [6.07, 6.45) is 3.12. The molecule has 0 heterocycles. The molecule has 0 saturated heterocycles. The Morgan fingerprint density at radius 1 is 1.00 bits per heavy atom. The fourth-order valence-electron chi connectivity index (χ4n) is 2.21. The van der Waals surface area contributed by atoms with Crippen LogP contribution in [0.4, 0.5) is 0 Å². The van der Waals surface area contributed by atoms with Crippen molar-refractivity contribution in [2.75, 3.05) is 20.8 Å². The van der Waals surface area contributed by atoms with Crippen LogP contribution in [0.3, 0.4) is 0 Å². The highest BCUT2D eigenvalue weighted by Crippen LogP contribution is 2.31. The van der Waals surface area contributed by atoms with Gasteiger partial charge in [-0.15, -0.1) is 0 Å². The van der Waals surface area contributed by atoms with Gasteiger partial charge in [-0.3, -0.25) is 9.59 Å². The van der Waals surface area contributed by atoms with Crippen molar-refractivity contribution in [3.05, 3.63) is 23.8 Å². The van der Waals surface area contributed by atoms with Crippen LogP contribution in [0.2, 0.25) is 0 Å². The summed E-state index contributed by atoms with van der Waals surface area (Å²) in [6, 6.07) is 5.27. The van der Waals surface area contributed by atoms with E-state index < -0.39 is 0 Å². The first-order chi connectivity index (χ1) is 10.6. The third-order valence-corrected chi connectivity index (χ3v) is 3.29. The van der Waals surface area contributed by atoms with Gasteiger partial charge in [-0.05, 0) is 31.9 Å². The lowest BCUT2D eigenvalue weighted by atomic mass is 10.0. The predicted molar refractivity (Wildman–Crippen MR) is 83.6 cm³/mol. The number of benzene rings is 1. The average molecular weight is 308 g/mol.